The van der Waals surface area contributed by atoms with Crippen LogP contribution in [0.25, 0.3) is 0 Å². The van der Waals surface area contributed by atoms with E-state index in [9.17, 15) is 4.39 Å². The van der Waals surface area contributed by atoms with Gasteiger partial charge < -0.3 is 4.74 Å². The molecule has 1 aromatic rings. The summed E-state index contributed by atoms with van der Waals surface area (Å²) in [5.41, 5.74) is 0. The molecule has 0 N–H and O–H groups in total. The minimum absolute atomic E-state index is 0.143. The molecule has 1 aliphatic rings. The van der Waals surface area contributed by atoms with E-state index in [1.54, 1.807) is 12.1 Å². The molecule has 1 fully saturated rings. The Kier molecular flexibility index (Phi) is 3.70. The van der Waals surface area contributed by atoms with E-state index in [0.717, 1.165) is 12.8 Å². The molecular formula is C13H16ClFO. The molecule has 0 aliphatic heterocycles. The predicted molar refractivity (Wildman–Crippen MR) is 63.5 cm³/mol. The molecular weight excluding hydrogens is 227 g/mol. The van der Waals surface area contributed by atoms with E-state index in [4.69, 9.17) is 16.3 Å². The lowest BCUT2D eigenvalue weighted by molar-refractivity contribution is 0.129. The molecule has 0 radical (unpaired) electrons. The van der Waals surface area contributed by atoms with Crippen LogP contribution in [0.4, 0.5) is 4.39 Å². The summed E-state index contributed by atoms with van der Waals surface area (Å²) in [5.74, 6) is 0.875. The minimum Gasteiger partial charge on any atom is -0.490 e. The Labute approximate surface area is 101 Å². The van der Waals surface area contributed by atoms with Crippen LogP contribution in [0.5, 0.6) is 5.75 Å². The van der Waals surface area contributed by atoms with Crippen molar-refractivity contribution in [3.05, 3.63) is 29.0 Å². The molecule has 1 saturated carbocycles. The van der Waals surface area contributed by atoms with E-state index in [1.807, 2.05) is 0 Å². The Hall–Kier alpha value is -0.760. The third-order valence-electron chi connectivity index (χ3n) is 3.08. The van der Waals surface area contributed by atoms with Gasteiger partial charge in [0, 0.05) is 6.07 Å². The quantitative estimate of drug-likeness (QED) is 0.745. The van der Waals surface area contributed by atoms with Gasteiger partial charge in [-0.15, -0.1) is 0 Å². The van der Waals surface area contributed by atoms with Gasteiger partial charge in [-0.3, -0.25) is 0 Å². The first-order valence-electron chi connectivity index (χ1n) is 5.77. The maximum atomic E-state index is 13.2. The van der Waals surface area contributed by atoms with Crippen molar-refractivity contribution in [2.75, 3.05) is 0 Å². The Morgan fingerprint density at radius 2 is 2.19 bits per heavy atom. The first-order valence-corrected chi connectivity index (χ1v) is 6.14. The Balaban J connectivity index is 2.00. The van der Waals surface area contributed by atoms with Crippen LogP contribution in [0, 0.1) is 11.7 Å². The monoisotopic (exact) mass is 242 g/mol. The summed E-state index contributed by atoms with van der Waals surface area (Å²) in [5, 5.41) is 0.143. The third-order valence-corrected chi connectivity index (χ3v) is 3.39. The number of rotatable bonds is 2. The lowest BCUT2D eigenvalue weighted by Crippen LogP contribution is -2.24. The second-order valence-corrected chi connectivity index (χ2v) is 4.99. The Morgan fingerprint density at radius 1 is 1.38 bits per heavy atom. The van der Waals surface area contributed by atoms with Crippen molar-refractivity contribution in [3.8, 4) is 5.75 Å². The van der Waals surface area contributed by atoms with Crippen molar-refractivity contribution < 1.29 is 9.13 Å². The van der Waals surface area contributed by atoms with E-state index in [1.165, 1.54) is 18.9 Å². The predicted octanol–water partition coefficient (Wildman–Crippen LogP) is 4.44. The molecule has 0 heterocycles. The molecule has 0 bridgehead atoms. The van der Waals surface area contributed by atoms with Crippen molar-refractivity contribution in [1.82, 2.24) is 0 Å². The summed E-state index contributed by atoms with van der Waals surface area (Å²) >= 11 is 5.62. The van der Waals surface area contributed by atoms with Crippen LogP contribution in [-0.2, 0) is 0 Å². The van der Waals surface area contributed by atoms with Gasteiger partial charge in [0.15, 0.2) is 0 Å². The second kappa shape index (κ2) is 5.05. The van der Waals surface area contributed by atoms with Gasteiger partial charge in [-0.05, 0) is 37.3 Å². The Bertz CT molecular complexity index is 367. The van der Waals surface area contributed by atoms with Crippen LogP contribution in [0.1, 0.15) is 32.6 Å². The third kappa shape index (κ3) is 2.88. The van der Waals surface area contributed by atoms with Crippen molar-refractivity contribution >= 4 is 11.6 Å². The van der Waals surface area contributed by atoms with Crippen LogP contribution in [-0.4, -0.2) is 6.10 Å². The molecule has 1 aliphatic carbocycles. The standard InChI is InChI=1S/C13H16ClFO/c1-9-3-2-4-10(7-9)16-11-5-6-12(14)13(15)8-11/h5-6,8-10H,2-4,7H2,1H3. The summed E-state index contributed by atoms with van der Waals surface area (Å²) in [6.07, 6.45) is 4.82. The van der Waals surface area contributed by atoms with E-state index in [-0.39, 0.29) is 11.1 Å². The summed E-state index contributed by atoms with van der Waals surface area (Å²) in [4.78, 5) is 0. The molecule has 1 nitrogen and oxygen atoms in total. The summed E-state index contributed by atoms with van der Waals surface area (Å²) in [6, 6.07) is 4.63. The molecule has 3 heteroatoms. The van der Waals surface area contributed by atoms with Gasteiger partial charge in [-0.25, -0.2) is 4.39 Å². The van der Waals surface area contributed by atoms with Gasteiger partial charge in [-0.2, -0.15) is 0 Å². The normalized spacial score (nSPS) is 25.4. The number of ether oxygens (including phenoxy) is 1. The highest BCUT2D eigenvalue weighted by Gasteiger charge is 2.20. The van der Waals surface area contributed by atoms with E-state index in [2.05, 4.69) is 6.92 Å². The largest absolute Gasteiger partial charge is 0.490 e. The zero-order chi connectivity index (χ0) is 11.5. The lowest BCUT2D eigenvalue weighted by atomic mass is 9.89. The summed E-state index contributed by atoms with van der Waals surface area (Å²) in [6.45, 7) is 2.23. The number of hydrogen-bond donors (Lipinski definition) is 0. The maximum Gasteiger partial charge on any atom is 0.145 e. The van der Waals surface area contributed by atoms with Crippen molar-refractivity contribution in [3.63, 3.8) is 0 Å². The van der Waals surface area contributed by atoms with Crippen molar-refractivity contribution in [2.24, 2.45) is 5.92 Å². The average Bonchev–Trinajstić information content (AvgIpc) is 2.24. The molecule has 2 rings (SSSR count). The number of halogens is 2. The molecule has 2 unspecified atom stereocenters. The zero-order valence-electron chi connectivity index (χ0n) is 9.38. The minimum atomic E-state index is -0.414. The second-order valence-electron chi connectivity index (χ2n) is 4.59. The fourth-order valence-corrected chi connectivity index (χ4v) is 2.35. The molecule has 0 amide bonds. The maximum absolute atomic E-state index is 13.2. The summed E-state index contributed by atoms with van der Waals surface area (Å²) < 4.78 is 19.0. The van der Waals surface area contributed by atoms with Gasteiger partial charge in [0.05, 0.1) is 11.1 Å². The zero-order valence-corrected chi connectivity index (χ0v) is 10.1. The fourth-order valence-electron chi connectivity index (χ4n) is 2.23. The van der Waals surface area contributed by atoms with Crippen LogP contribution < -0.4 is 4.74 Å². The van der Waals surface area contributed by atoms with E-state index >= 15 is 0 Å². The smallest absolute Gasteiger partial charge is 0.145 e. The van der Waals surface area contributed by atoms with Gasteiger partial charge in [0.25, 0.3) is 0 Å². The molecule has 0 spiro atoms. The summed E-state index contributed by atoms with van der Waals surface area (Å²) in [7, 11) is 0. The first kappa shape index (κ1) is 11.7. The molecule has 88 valence electrons. The van der Waals surface area contributed by atoms with E-state index < -0.39 is 5.82 Å². The van der Waals surface area contributed by atoms with Crippen molar-refractivity contribution in [2.45, 2.75) is 38.7 Å². The van der Waals surface area contributed by atoms with Gasteiger partial charge in [0.1, 0.15) is 11.6 Å². The topological polar surface area (TPSA) is 9.23 Å². The van der Waals surface area contributed by atoms with Crippen molar-refractivity contribution in [1.29, 1.82) is 0 Å². The molecule has 16 heavy (non-hydrogen) atoms. The highest BCUT2D eigenvalue weighted by atomic mass is 35.5. The SMILES string of the molecule is CC1CCCC(Oc2ccc(Cl)c(F)c2)C1. The fraction of sp³-hybridized carbons (Fsp3) is 0.538. The van der Waals surface area contributed by atoms with Gasteiger partial charge >= 0.3 is 0 Å². The average molecular weight is 243 g/mol. The van der Waals surface area contributed by atoms with Gasteiger partial charge in [-0.1, -0.05) is 24.9 Å². The van der Waals surface area contributed by atoms with Crippen LogP contribution in [0.15, 0.2) is 18.2 Å². The highest BCUT2D eigenvalue weighted by molar-refractivity contribution is 6.30. The molecule has 0 aromatic heterocycles. The molecule has 0 saturated heterocycles. The van der Waals surface area contributed by atoms with E-state index in [0.29, 0.717) is 11.7 Å². The Morgan fingerprint density at radius 3 is 2.88 bits per heavy atom. The highest BCUT2D eigenvalue weighted by Crippen LogP contribution is 2.28. The van der Waals surface area contributed by atoms with Crippen LogP contribution >= 0.6 is 11.6 Å². The lowest BCUT2D eigenvalue weighted by Gasteiger charge is -2.27. The molecule has 1 aromatic carbocycles. The number of hydrogen-bond acceptors (Lipinski definition) is 1. The van der Waals surface area contributed by atoms with Crippen LogP contribution in [0.2, 0.25) is 5.02 Å². The molecule has 2 atom stereocenters. The first-order chi connectivity index (χ1) is 7.65. The van der Waals surface area contributed by atoms with Crippen LogP contribution in [0.3, 0.4) is 0 Å². The van der Waals surface area contributed by atoms with Gasteiger partial charge in [0.2, 0.25) is 0 Å². The number of benzene rings is 1.